The number of rotatable bonds is 7. The lowest BCUT2D eigenvalue weighted by Gasteiger charge is -2.24. The van der Waals surface area contributed by atoms with Gasteiger partial charge in [0.15, 0.2) is 69.0 Å². The Kier molecular flexibility index (Phi) is 8.81. The number of thiophene rings is 6. The fourth-order valence-electron chi connectivity index (χ4n) is 7.72. The van der Waals surface area contributed by atoms with Crippen LogP contribution in [-0.4, -0.2) is 79.3 Å². The monoisotopic (exact) mass is 912 g/mol. The molecule has 0 radical (unpaired) electrons. The topological polar surface area (TPSA) is 111 Å². The smallest absolute Gasteiger partial charge is 0.181 e. The van der Waals surface area contributed by atoms with Gasteiger partial charge in [-0.3, -0.25) is 0 Å². The van der Waals surface area contributed by atoms with Crippen molar-refractivity contribution in [1.82, 2.24) is 0 Å². The van der Waals surface area contributed by atoms with Crippen LogP contribution in [0.5, 0.6) is 69.0 Å². The fourth-order valence-corrected chi connectivity index (χ4v) is 15.4. The van der Waals surface area contributed by atoms with E-state index in [0.29, 0.717) is 125 Å². The normalized spacial score (nSPS) is 17.3. The molecule has 0 saturated carbocycles. The second kappa shape index (κ2) is 14.2. The molecule has 0 spiro atoms. The zero-order chi connectivity index (χ0) is 39.4. The molecule has 308 valence electrons. The van der Waals surface area contributed by atoms with Crippen molar-refractivity contribution in [1.29, 1.82) is 0 Å². The van der Waals surface area contributed by atoms with Crippen LogP contribution in [0.3, 0.4) is 0 Å². The molecule has 0 fully saturated rings. The van der Waals surface area contributed by atoms with Gasteiger partial charge < -0.3 is 56.8 Å². The molecule has 18 heteroatoms. The Labute approximate surface area is 362 Å². The predicted molar refractivity (Wildman–Crippen MR) is 230 cm³/mol. The van der Waals surface area contributed by atoms with E-state index >= 15 is 0 Å². The fraction of sp³-hybridized carbons (Fsp3) is 0.415. The molecule has 0 bridgehead atoms. The summed E-state index contributed by atoms with van der Waals surface area (Å²) in [5, 5.41) is 1.99. The van der Waals surface area contributed by atoms with Crippen molar-refractivity contribution < 1.29 is 56.8 Å². The average Bonchev–Trinajstić information content (AvgIpc) is 4.14. The van der Waals surface area contributed by atoms with Crippen LogP contribution >= 0.6 is 68.0 Å². The summed E-state index contributed by atoms with van der Waals surface area (Å²) in [6, 6.07) is 0. The quantitative estimate of drug-likeness (QED) is 0.152. The molecule has 0 aliphatic carbocycles. The molecule has 12 rings (SSSR count). The van der Waals surface area contributed by atoms with Crippen LogP contribution in [0.25, 0.3) is 48.8 Å². The van der Waals surface area contributed by atoms with Gasteiger partial charge in [-0.15, -0.1) is 68.0 Å². The number of ether oxygens (including phenoxy) is 12. The van der Waals surface area contributed by atoms with Crippen molar-refractivity contribution in [2.45, 2.75) is 32.6 Å². The van der Waals surface area contributed by atoms with E-state index in [4.69, 9.17) is 56.8 Å². The molecule has 6 aromatic heterocycles. The van der Waals surface area contributed by atoms with Gasteiger partial charge in [0, 0.05) is 10.8 Å². The molecule has 6 aliphatic rings. The van der Waals surface area contributed by atoms with E-state index in [0.717, 1.165) is 78.2 Å². The minimum Gasteiger partial charge on any atom is -0.485 e. The number of hydrogen-bond donors (Lipinski definition) is 0. The van der Waals surface area contributed by atoms with Crippen LogP contribution in [0.2, 0.25) is 0 Å². The molecule has 0 saturated heterocycles. The summed E-state index contributed by atoms with van der Waals surface area (Å²) < 4.78 is 76.3. The lowest BCUT2D eigenvalue weighted by molar-refractivity contribution is 0.169. The van der Waals surface area contributed by atoms with E-state index in [1.54, 1.807) is 68.0 Å². The second-order valence-corrected chi connectivity index (χ2v) is 20.8. The summed E-state index contributed by atoms with van der Waals surface area (Å²) in [7, 11) is 0. The maximum Gasteiger partial charge on any atom is 0.181 e. The average molecular weight is 913 g/mol. The van der Waals surface area contributed by atoms with Gasteiger partial charge in [0.1, 0.15) is 79.3 Å². The van der Waals surface area contributed by atoms with Crippen LogP contribution in [0.4, 0.5) is 0 Å². The summed E-state index contributed by atoms with van der Waals surface area (Å²) in [4.78, 5) is 10.4. The van der Waals surface area contributed by atoms with E-state index in [2.05, 4.69) is 20.8 Å². The van der Waals surface area contributed by atoms with Crippen LogP contribution in [0, 0.1) is 0 Å². The Balaban J connectivity index is 1.01. The second-order valence-electron chi connectivity index (χ2n) is 14.8. The molecular formula is C41H36O12S6. The number of hydrogen-bond acceptors (Lipinski definition) is 18. The SMILES string of the molecule is CCC(C)(C)c1sc(-c2sc(-c3sc(-c4sc(-c5sc(-c6scc7c6OCCO7)c6c5OCCO6)c5c4OCCO5)c4c3OCCO4)c3c2OCCO3)c2c1OCCO2. The molecule has 0 aromatic carbocycles. The summed E-state index contributed by atoms with van der Waals surface area (Å²) in [5.41, 5.74) is -0.0987. The predicted octanol–water partition coefficient (Wildman–Crippen LogP) is 10.7. The van der Waals surface area contributed by atoms with Gasteiger partial charge in [-0.2, -0.15) is 0 Å². The van der Waals surface area contributed by atoms with Crippen molar-refractivity contribution in [2.75, 3.05) is 79.3 Å². The molecule has 12 nitrogen and oxygen atoms in total. The molecule has 0 N–H and O–H groups in total. The maximum atomic E-state index is 6.50. The standard InChI is InChI=1S/C41H36O12S6/c1-4-41(2,3)40-29-28(52-15-16-53-29)39(59-40)38-27-26(50-13-14-51-27)37(58-38)36-25-24(48-11-12-49-25)35(57-36)34-23-22(46-9-10-47-23)33(56-34)32-21-20(44-7-8-45-21)31(55-32)30-19-18(17-54-30)42-5-6-43-19/h17H,4-16H2,1-3H3. The summed E-state index contributed by atoms with van der Waals surface area (Å²) in [6.07, 6.45) is 0.957. The molecule has 0 amide bonds. The first kappa shape index (κ1) is 36.6. The van der Waals surface area contributed by atoms with Crippen LogP contribution < -0.4 is 56.8 Å². The summed E-state index contributed by atoms with van der Waals surface area (Å²) in [6.45, 7) is 12.2. The zero-order valence-electron chi connectivity index (χ0n) is 32.1. The highest BCUT2D eigenvalue weighted by atomic mass is 32.1. The van der Waals surface area contributed by atoms with Gasteiger partial charge in [0.25, 0.3) is 0 Å². The van der Waals surface area contributed by atoms with E-state index in [1.807, 2.05) is 5.38 Å². The van der Waals surface area contributed by atoms with E-state index < -0.39 is 0 Å². The van der Waals surface area contributed by atoms with Gasteiger partial charge in [-0.05, 0) is 6.42 Å². The van der Waals surface area contributed by atoms with E-state index in [9.17, 15) is 0 Å². The first-order chi connectivity index (χ1) is 29.0. The van der Waals surface area contributed by atoms with Gasteiger partial charge in [0.2, 0.25) is 0 Å². The van der Waals surface area contributed by atoms with Crippen molar-refractivity contribution >= 4 is 68.0 Å². The minimum atomic E-state index is -0.0987. The van der Waals surface area contributed by atoms with Crippen molar-refractivity contribution in [2.24, 2.45) is 0 Å². The Bertz CT molecular complexity index is 2640. The largest absolute Gasteiger partial charge is 0.485 e. The van der Waals surface area contributed by atoms with E-state index in [1.165, 1.54) is 4.88 Å². The van der Waals surface area contributed by atoms with E-state index in [-0.39, 0.29) is 5.41 Å². The highest BCUT2D eigenvalue weighted by Gasteiger charge is 2.41. The van der Waals surface area contributed by atoms with Gasteiger partial charge in [-0.1, -0.05) is 20.8 Å². The Morgan fingerprint density at radius 1 is 0.356 bits per heavy atom. The highest BCUT2D eigenvalue weighted by molar-refractivity contribution is 7.31. The Morgan fingerprint density at radius 2 is 0.627 bits per heavy atom. The van der Waals surface area contributed by atoms with Gasteiger partial charge in [0.05, 0.1) is 53.6 Å². The third kappa shape index (κ3) is 5.65. The summed E-state index contributed by atoms with van der Waals surface area (Å²) >= 11 is 9.72. The maximum absolute atomic E-state index is 6.50. The van der Waals surface area contributed by atoms with Gasteiger partial charge in [-0.25, -0.2) is 0 Å². The van der Waals surface area contributed by atoms with Crippen LogP contribution in [-0.2, 0) is 5.41 Å². The Hall–Kier alpha value is -4.20. The van der Waals surface area contributed by atoms with Crippen LogP contribution in [0.15, 0.2) is 5.38 Å². The highest BCUT2D eigenvalue weighted by Crippen LogP contribution is 2.68. The molecule has 12 heterocycles. The van der Waals surface area contributed by atoms with Crippen LogP contribution in [0.1, 0.15) is 32.1 Å². The molecule has 6 aliphatic heterocycles. The molecule has 59 heavy (non-hydrogen) atoms. The molecule has 6 aromatic rings. The number of fused-ring (bicyclic) bond motifs is 6. The molecule has 0 unspecified atom stereocenters. The first-order valence-electron chi connectivity index (χ1n) is 19.5. The van der Waals surface area contributed by atoms with Crippen molar-refractivity contribution in [3.63, 3.8) is 0 Å². The first-order valence-corrected chi connectivity index (χ1v) is 24.5. The summed E-state index contributed by atoms with van der Waals surface area (Å²) in [5.74, 6) is 8.63. The zero-order valence-corrected chi connectivity index (χ0v) is 37.0. The third-order valence-electron chi connectivity index (χ3n) is 10.8. The lowest BCUT2D eigenvalue weighted by Crippen LogP contribution is -2.19. The third-order valence-corrected chi connectivity index (χ3v) is 18.7. The molecular weight excluding hydrogens is 877 g/mol. The van der Waals surface area contributed by atoms with Crippen molar-refractivity contribution in [3.05, 3.63) is 10.3 Å². The molecule has 0 atom stereocenters. The Morgan fingerprint density at radius 3 is 0.983 bits per heavy atom. The van der Waals surface area contributed by atoms with Crippen molar-refractivity contribution in [3.8, 4) is 118 Å². The minimum absolute atomic E-state index is 0.0987. The van der Waals surface area contributed by atoms with Gasteiger partial charge >= 0.3 is 0 Å². The lowest BCUT2D eigenvalue weighted by atomic mass is 9.88.